The molecule has 2 rings (SSSR count). The van der Waals surface area contributed by atoms with Crippen LogP contribution in [0, 0.1) is 23.7 Å². The zero-order chi connectivity index (χ0) is 13.2. The quantitative estimate of drug-likeness (QED) is 0.830. The molecular formula is C13H16N2O2S. The van der Waals surface area contributed by atoms with Crippen LogP contribution in [0.4, 0.5) is 0 Å². The Morgan fingerprint density at radius 1 is 1.67 bits per heavy atom. The molecule has 96 valence electrons. The molecule has 2 heterocycles. The molecule has 1 aliphatic rings. The fourth-order valence-electron chi connectivity index (χ4n) is 1.94. The number of hydrogen-bond acceptors (Lipinski definition) is 4. The van der Waals surface area contributed by atoms with Crippen molar-refractivity contribution in [2.24, 2.45) is 5.41 Å². The van der Waals surface area contributed by atoms with Crippen molar-refractivity contribution in [3.05, 3.63) is 21.9 Å². The maximum atomic E-state index is 12.1. The SMILES string of the molecule is Cc1ccsc1CCN(C)C(=O)C1(C#N)COC1. The summed E-state index contributed by atoms with van der Waals surface area (Å²) in [7, 11) is 1.75. The lowest BCUT2D eigenvalue weighted by Gasteiger charge is -2.36. The molecule has 0 N–H and O–H groups in total. The zero-order valence-electron chi connectivity index (χ0n) is 10.6. The van der Waals surface area contributed by atoms with Gasteiger partial charge in [-0.05, 0) is 30.4 Å². The molecule has 0 saturated carbocycles. The van der Waals surface area contributed by atoms with Crippen molar-refractivity contribution in [2.45, 2.75) is 13.3 Å². The maximum absolute atomic E-state index is 12.1. The van der Waals surface area contributed by atoms with Gasteiger partial charge in [-0.1, -0.05) is 0 Å². The lowest BCUT2D eigenvalue weighted by atomic mass is 9.86. The summed E-state index contributed by atoms with van der Waals surface area (Å²) in [6.45, 7) is 3.17. The van der Waals surface area contributed by atoms with Crippen LogP contribution in [0.15, 0.2) is 11.4 Å². The van der Waals surface area contributed by atoms with Crippen molar-refractivity contribution in [3.63, 3.8) is 0 Å². The largest absolute Gasteiger partial charge is 0.377 e. The molecular weight excluding hydrogens is 248 g/mol. The number of nitriles is 1. The van der Waals surface area contributed by atoms with E-state index in [-0.39, 0.29) is 19.1 Å². The summed E-state index contributed by atoms with van der Waals surface area (Å²) in [6.07, 6.45) is 0.841. The van der Waals surface area contributed by atoms with Crippen LogP contribution in [-0.4, -0.2) is 37.6 Å². The first-order chi connectivity index (χ1) is 8.59. The maximum Gasteiger partial charge on any atom is 0.247 e. The summed E-state index contributed by atoms with van der Waals surface area (Å²) < 4.78 is 5.00. The molecule has 0 unspecified atom stereocenters. The van der Waals surface area contributed by atoms with Crippen LogP contribution in [-0.2, 0) is 16.0 Å². The molecule has 0 atom stereocenters. The molecule has 1 fully saturated rings. The highest BCUT2D eigenvalue weighted by molar-refractivity contribution is 7.10. The Hall–Kier alpha value is -1.38. The van der Waals surface area contributed by atoms with Crippen LogP contribution in [0.25, 0.3) is 0 Å². The van der Waals surface area contributed by atoms with Crippen LogP contribution in [0.1, 0.15) is 10.4 Å². The Morgan fingerprint density at radius 3 is 2.83 bits per heavy atom. The van der Waals surface area contributed by atoms with Crippen LogP contribution in [0.3, 0.4) is 0 Å². The van der Waals surface area contributed by atoms with Gasteiger partial charge in [-0.25, -0.2) is 0 Å². The van der Waals surface area contributed by atoms with Crippen LogP contribution < -0.4 is 0 Å². The second-order valence-corrected chi connectivity index (χ2v) is 5.69. The first-order valence-corrected chi connectivity index (χ1v) is 6.74. The van der Waals surface area contributed by atoms with Crippen molar-refractivity contribution in [3.8, 4) is 6.07 Å². The lowest BCUT2D eigenvalue weighted by molar-refractivity contribution is -0.159. The predicted octanol–water partition coefficient (Wildman–Crippen LogP) is 1.60. The summed E-state index contributed by atoms with van der Waals surface area (Å²) in [5.41, 5.74) is 0.335. The van der Waals surface area contributed by atoms with Gasteiger partial charge in [-0.3, -0.25) is 4.79 Å². The molecule has 1 amide bonds. The number of amides is 1. The first-order valence-electron chi connectivity index (χ1n) is 5.86. The number of likely N-dealkylation sites (N-methyl/N-ethyl adjacent to an activating group) is 1. The van der Waals surface area contributed by atoms with E-state index in [2.05, 4.69) is 24.4 Å². The van der Waals surface area contributed by atoms with E-state index in [1.165, 1.54) is 10.4 Å². The van der Waals surface area contributed by atoms with Gasteiger partial charge < -0.3 is 9.64 Å². The molecule has 0 aliphatic carbocycles. The Balaban J connectivity index is 1.92. The van der Waals surface area contributed by atoms with Crippen LogP contribution >= 0.6 is 11.3 Å². The van der Waals surface area contributed by atoms with Gasteiger partial charge in [0, 0.05) is 18.5 Å². The molecule has 1 aliphatic heterocycles. The summed E-state index contributed by atoms with van der Waals surface area (Å²) >= 11 is 1.71. The first kappa shape index (κ1) is 13.1. The van der Waals surface area contributed by atoms with E-state index in [0.717, 1.165) is 6.42 Å². The molecule has 0 spiro atoms. The van der Waals surface area contributed by atoms with Crippen molar-refractivity contribution >= 4 is 17.2 Å². The number of ether oxygens (including phenoxy) is 1. The van der Waals surface area contributed by atoms with Gasteiger partial charge in [-0.2, -0.15) is 5.26 Å². The molecule has 1 saturated heterocycles. The lowest BCUT2D eigenvalue weighted by Crippen LogP contribution is -2.53. The number of aryl methyl sites for hydroxylation is 1. The smallest absolute Gasteiger partial charge is 0.247 e. The predicted molar refractivity (Wildman–Crippen MR) is 69.3 cm³/mol. The number of rotatable bonds is 4. The minimum absolute atomic E-state index is 0.120. The van der Waals surface area contributed by atoms with Crippen LogP contribution in [0.5, 0.6) is 0 Å². The zero-order valence-corrected chi connectivity index (χ0v) is 11.4. The van der Waals surface area contributed by atoms with Crippen molar-refractivity contribution in [1.29, 1.82) is 5.26 Å². The Bertz CT molecular complexity index is 485. The third-order valence-electron chi connectivity index (χ3n) is 3.31. The number of carbonyl (C=O) groups excluding carboxylic acids is 1. The van der Waals surface area contributed by atoms with Gasteiger partial charge in [0.05, 0.1) is 19.3 Å². The monoisotopic (exact) mass is 264 g/mol. The van der Waals surface area contributed by atoms with Gasteiger partial charge in [0.1, 0.15) is 0 Å². The van der Waals surface area contributed by atoms with E-state index >= 15 is 0 Å². The van der Waals surface area contributed by atoms with E-state index in [1.54, 1.807) is 23.3 Å². The normalized spacial score (nSPS) is 16.7. The van der Waals surface area contributed by atoms with Crippen molar-refractivity contribution in [1.82, 2.24) is 4.90 Å². The highest BCUT2D eigenvalue weighted by atomic mass is 32.1. The third-order valence-corrected chi connectivity index (χ3v) is 4.39. The van der Waals surface area contributed by atoms with E-state index in [1.807, 2.05) is 0 Å². The van der Waals surface area contributed by atoms with E-state index < -0.39 is 5.41 Å². The molecule has 0 radical (unpaired) electrons. The Labute approximate surface area is 111 Å². The van der Waals surface area contributed by atoms with E-state index in [0.29, 0.717) is 6.54 Å². The summed E-state index contributed by atoms with van der Waals surface area (Å²) in [5, 5.41) is 11.1. The standard InChI is InChI=1S/C13H16N2O2S/c1-10-4-6-18-11(10)3-5-15(2)12(16)13(7-14)8-17-9-13/h4,6H,3,5,8-9H2,1-2H3. The number of thiophene rings is 1. The highest BCUT2D eigenvalue weighted by Gasteiger charge is 2.47. The minimum Gasteiger partial charge on any atom is -0.377 e. The fraction of sp³-hybridized carbons (Fsp3) is 0.538. The van der Waals surface area contributed by atoms with Gasteiger partial charge in [0.25, 0.3) is 0 Å². The number of carbonyl (C=O) groups is 1. The average molecular weight is 264 g/mol. The molecule has 5 heteroatoms. The summed E-state index contributed by atoms with van der Waals surface area (Å²) in [5.74, 6) is -0.120. The highest BCUT2D eigenvalue weighted by Crippen LogP contribution is 2.28. The Morgan fingerprint density at radius 2 is 2.39 bits per heavy atom. The van der Waals surface area contributed by atoms with Gasteiger partial charge >= 0.3 is 0 Å². The van der Waals surface area contributed by atoms with Gasteiger partial charge in [0.2, 0.25) is 5.91 Å². The Kier molecular flexibility index (Phi) is 3.69. The molecule has 1 aromatic heterocycles. The van der Waals surface area contributed by atoms with Crippen LogP contribution in [0.2, 0.25) is 0 Å². The molecule has 18 heavy (non-hydrogen) atoms. The average Bonchev–Trinajstić information content (AvgIpc) is 2.71. The molecule has 1 aromatic rings. The van der Waals surface area contributed by atoms with E-state index in [9.17, 15) is 4.79 Å². The molecule has 0 bridgehead atoms. The second-order valence-electron chi connectivity index (χ2n) is 4.69. The third kappa shape index (κ3) is 2.26. The number of nitrogens with zero attached hydrogens (tertiary/aromatic N) is 2. The van der Waals surface area contributed by atoms with Crippen molar-refractivity contribution in [2.75, 3.05) is 26.8 Å². The topological polar surface area (TPSA) is 53.3 Å². The van der Waals surface area contributed by atoms with Crippen molar-refractivity contribution < 1.29 is 9.53 Å². The summed E-state index contributed by atoms with van der Waals surface area (Å²) in [4.78, 5) is 15.1. The molecule has 0 aromatic carbocycles. The van der Waals surface area contributed by atoms with Gasteiger partial charge in [-0.15, -0.1) is 11.3 Å². The van der Waals surface area contributed by atoms with Gasteiger partial charge in [0.15, 0.2) is 5.41 Å². The number of hydrogen-bond donors (Lipinski definition) is 0. The second kappa shape index (κ2) is 5.09. The summed E-state index contributed by atoms with van der Waals surface area (Å²) in [6, 6.07) is 4.17. The fourth-order valence-corrected chi connectivity index (χ4v) is 2.84. The minimum atomic E-state index is -0.931. The van der Waals surface area contributed by atoms with E-state index in [4.69, 9.17) is 10.00 Å². The molecule has 4 nitrogen and oxygen atoms in total.